The van der Waals surface area contributed by atoms with E-state index in [1.54, 1.807) is 6.08 Å². The second-order valence-corrected chi connectivity index (χ2v) is 7.26. The topological polar surface area (TPSA) is 65.4 Å². The second-order valence-electron chi connectivity index (χ2n) is 7.26. The molecule has 0 bridgehead atoms. The lowest BCUT2D eigenvalue weighted by atomic mass is 10.1. The summed E-state index contributed by atoms with van der Waals surface area (Å²) in [6.07, 6.45) is 9.64. The van der Waals surface area contributed by atoms with Crippen molar-refractivity contribution in [1.29, 1.82) is 0 Å². The Morgan fingerprint density at radius 1 is 1.20 bits per heavy atom. The van der Waals surface area contributed by atoms with Crippen LogP contribution in [0.2, 0.25) is 0 Å². The molecule has 0 spiro atoms. The molecule has 1 aromatic heterocycles. The SMILES string of the molecule is O=C(/C=C/c1cccc(Cn2cnc(-c3ccccc3)c2)c1)NOC1CCCCO1. The lowest BCUT2D eigenvalue weighted by Crippen LogP contribution is -2.32. The average molecular weight is 403 g/mol. The number of carbonyl (C=O) groups excluding carboxylic acids is 1. The van der Waals surface area contributed by atoms with Crippen LogP contribution in [0.5, 0.6) is 0 Å². The minimum Gasteiger partial charge on any atom is -0.350 e. The molecular weight excluding hydrogens is 378 g/mol. The van der Waals surface area contributed by atoms with Crippen LogP contribution in [-0.2, 0) is 20.9 Å². The van der Waals surface area contributed by atoms with Crippen LogP contribution in [-0.4, -0.2) is 28.4 Å². The first-order valence-corrected chi connectivity index (χ1v) is 10.2. The van der Waals surface area contributed by atoms with Gasteiger partial charge in [-0.25, -0.2) is 15.3 Å². The van der Waals surface area contributed by atoms with Crippen LogP contribution < -0.4 is 5.48 Å². The molecule has 1 aliphatic rings. The molecule has 2 aromatic carbocycles. The molecule has 1 amide bonds. The number of benzene rings is 2. The van der Waals surface area contributed by atoms with Crippen molar-refractivity contribution in [1.82, 2.24) is 15.0 Å². The van der Waals surface area contributed by atoms with Crippen molar-refractivity contribution >= 4 is 12.0 Å². The minimum atomic E-state index is -0.351. The third-order valence-electron chi connectivity index (χ3n) is 4.88. The highest BCUT2D eigenvalue weighted by atomic mass is 16.8. The predicted octanol–water partition coefficient (Wildman–Crippen LogP) is 4.19. The Bertz CT molecular complexity index is 992. The molecule has 1 aliphatic heterocycles. The molecule has 6 nitrogen and oxygen atoms in total. The zero-order valence-electron chi connectivity index (χ0n) is 16.7. The van der Waals surface area contributed by atoms with Gasteiger partial charge in [-0.3, -0.25) is 4.79 Å². The molecule has 0 aliphatic carbocycles. The molecule has 1 N–H and O–H groups in total. The van der Waals surface area contributed by atoms with E-state index in [-0.39, 0.29) is 12.2 Å². The third kappa shape index (κ3) is 5.65. The fraction of sp³-hybridized carbons (Fsp3) is 0.250. The first-order chi connectivity index (χ1) is 14.8. The molecule has 154 valence electrons. The van der Waals surface area contributed by atoms with Crippen molar-refractivity contribution in [3.05, 3.63) is 84.3 Å². The Labute approximate surface area is 176 Å². The monoisotopic (exact) mass is 403 g/mol. The van der Waals surface area contributed by atoms with Crippen molar-refractivity contribution in [2.24, 2.45) is 0 Å². The van der Waals surface area contributed by atoms with E-state index in [1.165, 1.54) is 6.08 Å². The van der Waals surface area contributed by atoms with Gasteiger partial charge in [-0.1, -0.05) is 48.5 Å². The van der Waals surface area contributed by atoms with Crippen LogP contribution in [0.4, 0.5) is 0 Å². The zero-order valence-corrected chi connectivity index (χ0v) is 16.7. The normalized spacial score (nSPS) is 16.6. The van der Waals surface area contributed by atoms with Gasteiger partial charge < -0.3 is 9.30 Å². The summed E-state index contributed by atoms with van der Waals surface area (Å²) >= 11 is 0. The van der Waals surface area contributed by atoms with Crippen molar-refractivity contribution in [3.8, 4) is 11.3 Å². The van der Waals surface area contributed by atoms with E-state index in [2.05, 4.69) is 27.2 Å². The maximum absolute atomic E-state index is 12.0. The lowest BCUT2D eigenvalue weighted by Gasteiger charge is -2.21. The average Bonchev–Trinajstić information content (AvgIpc) is 3.26. The number of rotatable bonds is 7. The number of nitrogens with one attached hydrogen (secondary N) is 1. The van der Waals surface area contributed by atoms with Gasteiger partial charge in [0.1, 0.15) is 0 Å². The fourth-order valence-corrected chi connectivity index (χ4v) is 3.34. The van der Waals surface area contributed by atoms with Gasteiger partial charge in [-0.2, -0.15) is 0 Å². The summed E-state index contributed by atoms with van der Waals surface area (Å²) in [6.45, 7) is 1.38. The molecule has 2 heterocycles. The predicted molar refractivity (Wildman–Crippen MR) is 115 cm³/mol. The number of carbonyl (C=O) groups is 1. The molecule has 0 saturated carbocycles. The van der Waals surface area contributed by atoms with E-state index in [0.717, 1.165) is 41.6 Å². The maximum atomic E-state index is 12.0. The summed E-state index contributed by atoms with van der Waals surface area (Å²) in [5.41, 5.74) is 6.55. The fourth-order valence-electron chi connectivity index (χ4n) is 3.34. The van der Waals surface area contributed by atoms with Gasteiger partial charge in [-0.15, -0.1) is 0 Å². The van der Waals surface area contributed by atoms with Crippen LogP contribution in [0.25, 0.3) is 17.3 Å². The van der Waals surface area contributed by atoms with Crippen molar-refractivity contribution in [2.45, 2.75) is 32.1 Å². The number of amides is 1. The highest BCUT2D eigenvalue weighted by molar-refractivity contribution is 5.90. The van der Waals surface area contributed by atoms with E-state index in [0.29, 0.717) is 13.2 Å². The standard InChI is InChI=1S/C24H25N3O3/c28-23(26-30-24-11-4-5-14-29-24)13-12-19-7-6-8-20(15-19)16-27-17-22(25-18-27)21-9-2-1-3-10-21/h1-3,6-10,12-13,15,17-18,24H,4-5,11,14,16H2,(H,26,28)/b13-12+. The Morgan fingerprint density at radius 2 is 2.10 bits per heavy atom. The number of imidazole rings is 1. The Balaban J connectivity index is 1.33. The molecule has 1 fully saturated rings. The quantitative estimate of drug-likeness (QED) is 0.475. The minimum absolute atomic E-state index is 0.309. The molecule has 4 rings (SSSR count). The number of hydroxylamine groups is 1. The summed E-state index contributed by atoms with van der Waals surface area (Å²) in [5, 5.41) is 0. The van der Waals surface area contributed by atoms with Gasteiger partial charge in [0.05, 0.1) is 12.0 Å². The van der Waals surface area contributed by atoms with E-state index < -0.39 is 0 Å². The lowest BCUT2D eigenvalue weighted by molar-refractivity contribution is -0.198. The highest BCUT2D eigenvalue weighted by Crippen LogP contribution is 2.17. The van der Waals surface area contributed by atoms with E-state index in [9.17, 15) is 4.79 Å². The van der Waals surface area contributed by atoms with Crippen molar-refractivity contribution in [3.63, 3.8) is 0 Å². The van der Waals surface area contributed by atoms with Crippen LogP contribution in [0, 0.1) is 0 Å². The number of hydrogen-bond acceptors (Lipinski definition) is 4. The van der Waals surface area contributed by atoms with Crippen LogP contribution in [0.3, 0.4) is 0 Å². The van der Waals surface area contributed by atoms with Gasteiger partial charge in [0, 0.05) is 37.4 Å². The van der Waals surface area contributed by atoms with Crippen LogP contribution in [0.1, 0.15) is 30.4 Å². The second kappa shape index (κ2) is 10.0. The molecule has 1 saturated heterocycles. The van der Waals surface area contributed by atoms with Crippen molar-refractivity contribution in [2.75, 3.05) is 6.61 Å². The van der Waals surface area contributed by atoms with Gasteiger partial charge in [0.15, 0.2) is 6.29 Å². The summed E-state index contributed by atoms with van der Waals surface area (Å²) in [5.74, 6) is -0.309. The summed E-state index contributed by atoms with van der Waals surface area (Å²) in [7, 11) is 0. The summed E-state index contributed by atoms with van der Waals surface area (Å²) in [6, 6.07) is 18.2. The maximum Gasteiger partial charge on any atom is 0.267 e. The zero-order chi connectivity index (χ0) is 20.6. The van der Waals surface area contributed by atoms with E-state index in [4.69, 9.17) is 9.57 Å². The first-order valence-electron chi connectivity index (χ1n) is 10.2. The first kappa shape index (κ1) is 20.1. The molecule has 1 unspecified atom stereocenters. The molecule has 30 heavy (non-hydrogen) atoms. The number of nitrogens with zero attached hydrogens (tertiary/aromatic N) is 2. The molecule has 3 aromatic rings. The van der Waals surface area contributed by atoms with Gasteiger partial charge in [0.25, 0.3) is 5.91 Å². The number of aromatic nitrogens is 2. The Morgan fingerprint density at radius 3 is 2.93 bits per heavy atom. The van der Waals surface area contributed by atoms with Crippen molar-refractivity contribution < 1.29 is 14.4 Å². The molecule has 1 atom stereocenters. The summed E-state index contributed by atoms with van der Waals surface area (Å²) in [4.78, 5) is 21.8. The van der Waals surface area contributed by atoms with Crippen LogP contribution in [0.15, 0.2) is 73.2 Å². The number of hydrogen-bond donors (Lipinski definition) is 1. The molecular formula is C24H25N3O3. The van der Waals surface area contributed by atoms with Gasteiger partial charge in [-0.05, 0) is 36.1 Å². The van der Waals surface area contributed by atoms with E-state index in [1.807, 2.05) is 55.0 Å². The Kier molecular flexibility index (Phi) is 6.69. The van der Waals surface area contributed by atoms with Gasteiger partial charge >= 0.3 is 0 Å². The highest BCUT2D eigenvalue weighted by Gasteiger charge is 2.14. The largest absolute Gasteiger partial charge is 0.350 e. The molecule has 6 heteroatoms. The molecule has 0 radical (unpaired) electrons. The van der Waals surface area contributed by atoms with E-state index >= 15 is 0 Å². The smallest absolute Gasteiger partial charge is 0.267 e. The Hall–Kier alpha value is -3.22. The van der Waals surface area contributed by atoms with Gasteiger partial charge in [0.2, 0.25) is 0 Å². The number of ether oxygens (including phenoxy) is 1. The third-order valence-corrected chi connectivity index (χ3v) is 4.88. The van der Waals surface area contributed by atoms with Crippen LogP contribution >= 0.6 is 0 Å². The summed E-state index contributed by atoms with van der Waals surface area (Å²) < 4.78 is 7.48.